The number of carbonyl (C=O) groups is 2. The fourth-order valence-electron chi connectivity index (χ4n) is 1.44. The van der Waals surface area contributed by atoms with Gasteiger partial charge in [0.05, 0.1) is 0 Å². The van der Waals surface area contributed by atoms with Crippen molar-refractivity contribution < 1.29 is 9.59 Å². The lowest BCUT2D eigenvalue weighted by Gasteiger charge is -2.12. The van der Waals surface area contributed by atoms with E-state index in [0.717, 1.165) is 17.5 Å². The van der Waals surface area contributed by atoms with Crippen LogP contribution >= 0.6 is 0 Å². The van der Waals surface area contributed by atoms with Crippen LogP contribution in [0.15, 0.2) is 18.2 Å². The van der Waals surface area contributed by atoms with E-state index >= 15 is 0 Å². The summed E-state index contributed by atoms with van der Waals surface area (Å²) in [6, 6.07) is 5.73. The van der Waals surface area contributed by atoms with Crippen molar-refractivity contribution in [3.63, 3.8) is 0 Å². The third kappa shape index (κ3) is 3.87. The molecule has 18 heavy (non-hydrogen) atoms. The Bertz CT molecular complexity index is 455. The Kier molecular flexibility index (Phi) is 4.89. The largest absolute Gasteiger partial charge is 0.345 e. The summed E-state index contributed by atoms with van der Waals surface area (Å²) >= 11 is 0. The first-order valence-corrected chi connectivity index (χ1v) is 6.13. The van der Waals surface area contributed by atoms with E-state index in [2.05, 4.69) is 10.6 Å². The molecule has 0 heterocycles. The predicted molar refractivity (Wildman–Crippen MR) is 72.4 cm³/mol. The maximum absolute atomic E-state index is 11.7. The fourth-order valence-corrected chi connectivity index (χ4v) is 1.44. The van der Waals surface area contributed by atoms with Crippen LogP contribution in [0.25, 0.3) is 0 Å². The SMILES string of the molecule is CC[C@H](C)NC(=O)C(=O)Nc1cc(C)ccc1C. The van der Waals surface area contributed by atoms with E-state index < -0.39 is 11.8 Å². The Hall–Kier alpha value is -1.84. The van der Waals surface area contributed by atoms with Gasteiger partial charge in [-0.3, -0.25) is 9.59 Å². The van der Waals surface area contributed by atoms with Crippen LogP contribution in [-0.4, -0.2) is 17.9 Å². The lowest BCUT2D eigenvalue weighted by molar-refractivity contribution is -0.136. The number of carbonyl (C=O) groups excluding carboxylic acids is 2. The first kappa shape index (κ1) is 14.2. The van der Waals surface area contributed by atoms with Gasteiger partial charge in [-0.2, -0.15) is 0 Å². The van der Waals surface area contributed by atoms with Gasteiger partial charge in [-0.25, -0.2) is 0 Å². The zero-order chi connectivity index (χ0) is 13.7. The Balaban J connectivity index is 2.69. The summed E-state index contributed by atoms with van der Waals surface area (Å²) in [7, 11) is 0. The van der Waals surface area contributed by atoms with E-state index in [4.69, 9.17) is 0 Å². The topological polar surface area (TPSA) is 58.2 Å². The second-order valence-corrected chi connectivity index (χ2v) is 4.56. The highest BCUT2D eigenvalue weighted by Crippen LogP contribution is 2.16. The van der Waals surface area contributed by atoms with E-state index in [0.29, 0.717) is 5.69 Å². The van der Waals surface area contributed by atoms with Gasteiger partial charge < -0.3 is 10.6 Å². The van der Waals surface area contributed by atoms with E-state index in [1.807, 2.05) is 45.9 Å². The van der Waals surface area contributed by atoms with Crippen molar-refractivity contribution >= 4 is 17.5 Å². The molecule has 0 unspecified atom stereocenters. The lowest BCUT2D eigenvalue weighted by Crippen LogP contribution is -2.40. The minimum atomic E-state index is -0.621. The molecule has 0 saturated heterocycles. The van der Waals surface area contributed by atoms with E-state index in [9.17, 15) is 9.59 Å². The molecule has 0 fully saturated rings. The van der Waals surface area contributed by atoms with Crippen LogP contribution in [0.1, 0.15) is 31.4 Å². The van der Waals surface area contributed by atoms with Crippen molar-refractivity contribution in [3.05, 3.63) is 29.3 Å². The van der Waals surface area contributed by atoms with Crippen molar-refractivity contribution in [1.29, 1.82) is 0 Å². The van der Waals surface area contributed by atoms with Gasteiger partial charge in [-0.1, -0.05) is 19.1 Å². The molecular weight excluding hydrogens is 228 g/mol. The summed E-state index contributed by atoms with van der Waals surface area (Å²) in [5.41, 5.74) is 2.66. The molecular formula is C14H20N2O2. The summed E-state index contributed by atoms with van der Waals surface area (Å²) in [5, 5.41) is 5.26. The third-order valence-corrected chi connectivity index (χ3v) is 2.84. The first-order chi connectivity index (χ1) is 8.43. The second-order valence-electron chi connectivity index (χ2n) is 4.56. The van der Waals surface area contributed by atoms with Gasteiger partial charge in [-0.05, 0) is 44.4 Å². The number of aryl methyl sites for hydroxylation is 2. The molecule has 0 aromatic heterocycles. The molecule has 1 aromatic rings. The van der Waals surface area contributed by atoms with Crippen LogP contribution in [-0.2, 0) is 9.59 Å². The molecule has 1 aromatic carbocycles. The van der Waals surface area contributed by atoms with Crippen LogP contribution < -0.4 is 10.6 Å². The minimum absolute atomic E-state index is 0.00172. The average Bonchev–Trinajstić information content (AvgIpc) is 2.33. The molecule has 1 atom stereocenters. The van der Waals surface area contributed by atoms with Crippen LogP contribution in [0.4, 0.5) is 5.69 Å². The standard InChI is InChI=1S/C14H20N2O2/c1-5-11(4)15-13(17)14(18)16-12-8-9(2)6-7-10(12)3/h6-8,11H,5H2,1-4H3,(H,15,17)(H,16,18)/t11-/m0/s1. The van der Waals surface area contributed by atoms with Crippen LogP contribution in [0.3, 0.4) is 0 Å². The summed E-state index contributed by atoms with van der Waals surface area (Å²) in [5.74, 6) is -1.21. The van der Waals surface area contributed by atoms with Crippen molar-refractivity contribution in [2.45, 2.75) is 40.2 Å². The Morgan fingerprint density at radius 1 is 1.22 bits per heavy atom. The van der Waals surface area contributed by atoms with Crippen molar-refractivity contribution in [2.24, 2.45) is 0 Å². The van der Waals surface area contributed by atoms with E-state index in [1.165, 1.54) is 0 Å². The van der Waals surface area contributed by atoms with Crippen LogP contribution in [0.2, 0.25) is 0 Å². The first-order valence-electron chi connectivity index (χ1n) is 6.13. The molecule has 0 aliphatic carbocycles. The van der Waals surface area contributed by atoms with Crippen LogP contribution in [0, 0.1) is 13.8 Å². The molecule has 4 heteroatoms. The zero-order valence-corrected chi connectivity index (χ0v) is 11.3. The molecule has 0 saturated carbocycles. The maximum Gasteiger partial charge on any atom is 0.313 e. The fraction of sp³-hybridized carbons (Fsp3) is 0.429. The van der Waals surface area contributed by atoms with Gasteiger partial charge in [-0.15, -0.1) is 0 Å². The van der Waals surface area contributed by atoms with E-state index in [-0.39, 0.29) is 6.04 Å². The molecule has 0 aliphatic rings. The van der Waals surface area contributed by atoms with Gasteiger partial charge in [0, 0.05) is 11.7 Å². The van der Waals surface area contributed by atoms with Crippen molar-refractivity contribution in [3.8, 4) is 0 Å². The summed E-state index contributed by atoms with van der Waals surface area (Å²) < 4.78 is 0. The Morgan fingerprint density at radius 2 is 1.89 bits per heavy atom. The number of benzene rings is 1. The highest BCUT2D eigenvalue weighted by molar-refractivity contribution is 6.39. The molecule has 1 rings (SSSR count). The van der Waals surface area contributed by atoms with Gasteiger partial charge in [0.1, 0.15) is 0 Å². The number of rotatable bonds is 3. The minimum Gasteiger partial charge on any atom is -0.345 e. The van der Waals surface area contributed by atoms with Crippen LogP contribution in [0.5, 0.6) is 0 Å². The predicted octanol–water partition coefficient (Wildman–Crippen LogP) is 2.16. The number of nitrogens with one attached hydrogen (secondary N) is 2. The molecule has 0 bridgehead atoms. The maximum atomic E-state index is 11.7. The average molecular weight is 248 g/mol. The normalized spacial score (nSPS) is 11.8. The van der Waals surface area contributed by atoms with Crippen molar-refractivity contribution in [1.82, 2.24) is 5.32 Å². The Morgan fingerprint density at radius 3 is 2.50 bits per heavy atom. The molecule has 0 spiro atoms. The smallest absolute Gasteiger partial charge is 0.313 e. The molecule has 2 N–H and O–H groups in total. The second kappa shape index (κ2) is 6.19. The number of hydrogen-bond acceptors (Lipinski definition) is 2. The highest BCUT2D eigenvalue weighted by atomic mass is 16.2. The summed E-state index contributed by atoms with van der Waals surface area (Å²) in [4.78, 5) is 23.3. The van der Waals surface area contributed by atoms with Gasteiger partial charge >= 0.3 is 11.8 Å². The number of amides is 2. The summed E-state index contributed by atoms with van der Waals surface area (Å²) in [6.45, 7) is 7.65. The number of hydrogen-bond donors (Lipinski definition) is 2. The zero-order valence-electron chi connectivity index (χ0n) is 11.3. The quantitative estimate of drug-likeness (QED) is 0.805. The number of anilines is 1. The summed E-state index contributed by atoms with van der Waals surface area (Å²) in [6.07, 6.45) is 0.794. The highest BCUT2D eigenvalue weighted by Gasteiger charge is 2.16. The van der Waals surface area contributed by atoms with Gasteiger partial charge in [0.15, 0.2) is 0 Å². The molecule has 2 amide bonds. The van der Waals surface area contributed by atoms with Gasteiger partial charge in [0.25, 0.3) is 0 Å². The monoisotopic (exact) mass is 248 g/mol. The molecule has 0 aliphatic heterocycles. The lowest BCUT2D eigenvalue weighted by atomic mass is 10.1. The van der Waals surface area contributed by atoms with Gasteiger partial charge in [0.2, 0.25) is 0 Å². The van der Waals surface area contributed by atoms with E-state index in [1.54, 1.807) is 0 Å². The van der Waals surface area contributed by atoms with Crippen molar-refractivity contribution in [2.75, 3.05) is 5.32 Å². The molecule has 98 valence electrons. The molecule has 4 nitrogen and oxygen atoms in total. The molecule has 0 radical (unpaired) electrons. The third-order valence-electron chi connectivity index (χ3n) is 2.84. The Labute approximate surface area is 108 Å².